The van der Waals surface area contributed by atoms with Gasteiger partial charge in [0.15, 0.2) is 0 Å². The van der Waals surface area contributed by atoms with Gasteiger partial charge in [0.25, 0.3) is 0 Å². The lowest BCUT2D eigenvalue weighted by Gasteiger charge is -2.15. The molecule has 1 aromatic carbocycles. The lowest BCUT2D eigenvalue weighted by atomic mass is 10.1. The molecule has 0 aliphatic carbocycles. The van der Waals surface area contributed by atoms with Crippen LogP contribution in [0.1, 0.15) is 13.3 Å². The number of ether oxygens (including phenoxy) is 1. The van der Waals surface area contributed by atoms with Crippen LogP contribution in [0.3, 0.4) is 0 Å². The van der Waals surface area contributed by atoms with Crippen LogP contribution in [0, 0.1) is 0 Å². The summed E-state index contributed by atoms with van der Waals surface area (Å²) in [4.78, 5) is 4.42. The van der Waals surface area contributed by atoms with Gasteiger partial charge in [-0.3, -0.25) is 4.98 Å². The number of benzene rings is 1. The molecule has 1 N–H and O–H groups in total. The van der Waals surface area contributed by atoms with Gasteiger partial charge in [0.1, 0.15) is 0 Å². The quantitative estimate of drug-likeness (QED) is 0.857. The van der Waals surface area contributed by atoms with Crippen molar-refractivity contribution in [2.24, 2.45) is 0 Å². The largest absolute Gasteiger partial charge is 0.385 e. The molecule has 2 aromatic rings. The number of hydrogen-bond acceptors (Lipinski definition) is 3. The van der Waals surface area contributed by atoms with Crippen LogP contribution in [0.5, 0.6) is 0 Å². The highest BCUT2D eigenvalue weighted by Crippen LogP contribution is 2.21. The van der Waals surface area contributed by atoms with Crippen molar-refractivity contribution in [3.8, 4) is 0 Å². The normalized spacial score (nSPS) is 12.6. The standard InChI is InChI=1S/C14H18N2O/c1-11(8-10-17-2)16-13-7-3-5-12-6-4-9-15-14(12)13/h3-7,9,11,16H,8,10H2,1-2H3. The molecule has 0 saturated carbocycles. The number of hydrogen-bond donors (Lipinski definition) is 1. The van der Waals surface area contributed by atoms with Crippen LogP contribution in [-0.2, 0) is 4.74 Å². The molecule has 0 amide bonds. The summed E-state index contributed by atoms with van der Waals surface area (Å²) in [7, 11) is 1.73. The molecule has 0 bridgehead atoms. The SMILES string of the molecule is COCCC(C)Nc1cccc2cccnc12. The van der Waals surface area contributed by atoms with E-state index < -0.39 is 0 Å². The maximum atomic E-state index is 5.08. The Morgan fingerprint density at radius 1 is 1.29 bits per heavy atom. The molecule has 2 rings (SSSR count). The highest BCUT2D eigenvalue weighted by molar-refractivity contribution is 5.90. The average molecular weight is 230 g/mol. The molecule has 3 nitrogen and oxygen atoms in total. The summed E-state index contributed by atoms with van der Waals surface area (Å²) in [5, 5.41) is 4.64. The summed E-state index contributed by atoms with van der Waals surface area (Å²) in [5.41, 5.74) is 2.12. The van der Waals surface area contributed by atoms with E-state index in [-0.39, 0.29) is 0 Å². The van der Waals surface area contributed by atoms with Gasteiger partial charge in [-0.05, 0) is 25.5 Å². The molecule has 0 spiro atoms. The molecule has 0 aliphatic rings. The van der Waals surface area contributed by atoms with Gasteiger partial charge in [0.2, 0.25) is 0 Å². The Labute approximate surface area is 102 Å². The van der Waals surface area contributed by atoms with Crippen LogP contribution in [0.15, 0.2) is 36.5 Å². The minimum Gasteiger partial charge on any atom is -0.385 e. The first-order chi connectivity index (χ1) is 8.31. The van der Waals surface area contributed by atoms with E-state index in [2.05, 4.69) is 41.5 Å². The molecular formula is C14H18N2O. The fourth-order valence-corrected chi connectivity index (χ4v) is 1.85. The zero-order chi connectivity index (χ0) is 12.1. The number of methoxy groups -OCH3 is 1. The number of para-hydroxylation sites is 1. The van der Waals surface area contributed by atoms with E-state index in [0.717, 1.165) is 29.6 Å². The van der Waals surface area contributed by atoms with Gasteiger partial charge >= 0.3 is 0 Å². The third-order valence-corrected chi connectivity index (χ3v) is 2.79. The molecule has 0 fully saturated rings. The third-order valence-electron chi connectivity index (χ3n) is 2.79. The minimum absolute atomic E-state index is 0.377. The van der Waals surface area contributed by atoms with E-state index in [1.54, 1.807) is 7.11 Å². The van der Waals surface area contributed by atoms with Crippen molar-refractivity contribution >= 4 is 16.6 Å². The average Bonchev–Trinajstić information content (AvgIpc) is 2.37. The van der Waals surface area contributed by atoms with Crippen LogP contribution in [0.4, 0.5) is 5.69 Å². The number of nitrogens with one attached hydrogen (secondary N) is 1. The van der Waals surface area contributed by atoms with Gasteiger partial charge in [-0.25, -0.2) is 0 Å². The molecule has 3 heteroatoms. The maximum Gasteiger partial charge on any atom is 0.0933 e. The highest BCUT2D eigenvalue weighted by Gasteiger charge is 2.05. The summed E-state index contributed by atoms with van der Waals surface area (Å²) in [6.07, 6.45) is 2.81. The van der Waals surface area contributed by atoms with Crippen molar-refractivity contribution in [3.63, 3.8) is 0 Å². The van der Waals surface area contributed by atoms with Crippen molar-refractivity contribution in [2.45, 2.75) is 19.4 Å². The summed E-state index contributed by atoms with van der Waals surface area (Å²) in [5.74, 6) is 0. The Kier molecular flexibility index (Phi) is 3.94. The zero-order valence-electron chi connectivity index (χ0n) is 10.3. The molecule has 0 saturated heterocycles. The Hall–Kier alpha value is -1.61. The smallest absolute Gasteiger partial charge is 0.0933 e. The van der Waals surface area contributed by atoms with Crippen LogP contribution in [0.25, 0.3) is 10.9 Å². The molecule has 1 atom stereocenters. The lowest BCUT2D eigenvalue weighted by Crippen LogP contribution is -2.17. The molecule has 0 aliphatic heterocycles. The van der Waals surface area contributed by atoms with Crippen molar-refractivity contribution in [1.82, 2.24) is 4.98 Å². The Morgan fingerprint density at radius 3 is 2.94 bits per heavy atom. The summed E-state index contributed by atoms with van der Waals surface area (Å²) >= 11 is 0. The van der Waals surface area contributed by atoms with E-state index in [0.29, 0.717) is 6.04 Å². The van der Waals surface area contributed by atoms with Crippen molar-refractivity contribution < 1.29 is 4.74 Å². The topological polar surface area (TPSA) is 34.1 Å². The molecule has 0 radical (unpaired) electrons. The van der Waals surface area contributed by atoms with Crippen molar-refractivity contribution in [2.75, 3.05) is 19.0 Å². The van der Waals surface area contributed by atoms with Crippen LogP contribution < -0.4 is 5.32 Å². The second-order valence-electron chi connectivity index (χ2n) is 4.21. The zero-order valence-corrected chi connectivity index (χ0v) is 10.3. The number of nitrogens with zero attached hydrogens (tertiary/aromatic N) is 1. The summed E-state index contributed by atoms with van der Waals surface area (Å²) in [6, 6.07) is 10.6. The first-order valence-electron chi connectivity index (χ1n) is 5.90. The lowest BCUT2D eigenvalue weighted by molar-refractivity contribution is 0.191. The van der Waals surface area contributed by atoms with Crippen LogP contribution >= 0.6 is 0 Å². The minimum atomic E-state index is 0.377. The summed E-state index contributed by atoms with van der Waals surface area (Å²) < 4.78 is 5.08. The molecule has 17 heavy (non-hydrogen) atoms. The first-order valence-corrected chi connectivity index (χ1v) is 5.90. The van der Waals surface area contributed by atoms with E-state index in [4.69, 9.17) is 4.74 Å². The van der Waals surface area contributed by atoms with Crippen molar-refractivity contribution in [3.05, 3.63) is 36.5 Å². The molecule has 1 heterocycles. The van der Waals surface area contributed by atoms with Gasteiger partial charge < -0.3 is 10.1 Å². The summed E-state index contributed by atoms with van der Waals surface area (Å²) in [6.45, 7) is 2.92. The molecule has 1 aromatic heterocycles. The predicted molar refractivity (Wildman–Crippen MR) is 71.3 cm³/mol. The Bertz CT molecular complexity index is 479. The number of fused-ring (bicyclic) bond motifs is 1. The molecule has 90 valence electrons. The van der Waals surface area contributed by atoms with Gasteiger partial charge in [-0.1, -0.05) is 18.2 Å². The van der Waals surface area contributed by atoms with Crippen LogP contribution in [0.2, 0.25) is 0 Å². The second kappa shape index (κ2) is 5.64. The highest BCUT2D eigenvalue weighted by atomic mass is 16.5. The monoisotopic (exact) mass is 230 g/mol. The fourth-order valence-electron chi connectivity index (χ4n) is 1.85. The van der Waals surface area contributed by atoms with E-state index >= 15 is 0 Å². The second-order valence-corrected chi connectivity index (χ2v) is 4.21. The van der Waals surface area contributed by atoms with Gasteiger partial charge in [0, 0.05) is 31.3 Å². The molecule has 1 unspecified atom stereocenters. The number of rotatable bonds is 5. The predicted octanol–water partition coefficient (Wildman–Crippen LogP) is 3.07. The van der Waals surface area contributed by atoms with E-state index in [9.17, 15) is 0 Å². The first kappa shape index (κ1) is 11.9. The Balaban J connectivity index is 2.18. The van der Waals surface area contributed by atoms with Crippen LogP contribution in [-0.4, -0.2) is 24.7 Å². The Morgan fingerprint density at radius 2 is 2.12 bits per heavy atom. The molecular weight excluding hydrogens is 212 g/mol. The van der Waals surface area contributed by atoms with E-state index in [1.807, 2.05) is 12.3 Å². The van der Waals surface area contributed by atoms with Gasteiger partial charge in [0.05, 0.1) is 11.2 Å². The fraction of sp³-hybridized carbons (Fsp3) is 0.357. The third kappa shape index (κ3) is 2.94. The number of aromatic nitrogens is 1. The maximum absolute atomic E-state index is 5.08. The number of anilines is 1. The van der Waals surface area contributed by atoms with Gasteiger partial charge in [-0.2, -0.15) is 0 Å². The van der Waals surface area contributed by atoms with Crippen molar-refractivity contribution in [1.29, 1.82) is 0 Å². The van der Waals surface area contributed by atoms with E-state index in [1.165, 1.54) is 0 Å². The van der Waals surface area contributed by atoms with Gasteiger partial charge in [-0.15, -0.1) is 0 Å². The number of pyridine rings is 1.